The molecule has 118 valence electrons. The summed E-state index contributed by atoms with van der Waals surface area (Å²) in [7, 11) is 3.09. The van der Waals surface area contributed by atoms with Crippen LogP contribution < -0.4 is 10.1 Å². The largest absolute Gasteiger partial charge is 0.497 e. The smallest absolute Gasteiger partial charge is 0.325 e. The quantitative estimate of drug-likeness (QED) is 0.561. The molecule has 0 fully saturated rings. The van der Waals surface area contributed by atoms with E-state index in [2.05, 4.69) is 12.2 Å². The Hall–Kier alpha value is -1.20. The van der Waals surface area contributed by atoms with Gasteiger partial charge in [-0.3, -0.25) is 4.79 Å². The van der Waals surface area contributed by atoms with Gasteiger partial charge in [0.25, 0.3) is 0 Å². The number of carbonyl (C=O) groups is 1. The van der Waals surface area contributed by atoms with E-state index in [0.717, 1.165) is 29.4 Å². The molecule has 1 rings (SSSR count). The van der Waals surface area contributed by atoms with Crippen molar-refractivity contribution in [3.8, 4) is 5.75 Å². The molecule has 0 spiro atoms. The molecule has 0 heterocycles. The van der Waals surface area contributed by atoms with Crippen molar-refractivity contribution in [2.45, 2.75) is 37.1 Å². The Morgan fingerprint density at radius 3 is 2.76 bits per heavy atom. The predicted molar refractivity (Wildman–Crippen MR) is 87.0 cm³/mol. The Balaban J connectivity index is 2.58. The molecule has 21 heavy (non-hydrogen) atoms. The molecule has 0 aromatic heterocycles. The van der Waals surface area contributed by atoms with Gasteiger partial charge in [-0.2, -0.15) is 0 Å². The van der Waals surface area contributed by atoms with Crippen molar-refractivity contribution in [3.63, 3.8) is 0 Å². The summed E-state index contributed by atoms with van der Waals surface area (Å²) in [5, 5.41) is 3.29. The molecule has 0 saturated heterocycles. The highest BCUT2D eigenvalue weighted by Gasteiger charge is 2.33. The molecule has 1 N–H and O–H groups in total. The highest BCUT2D eigenvalue weighted by molar-refractivity contribution is 7.99. The van der Waals surface area contributed by atoms with Crippen LogP contribution >= 0.6 is 11.8 Å². The summed E-state index contributed by atoms with van der Waals surface area (Å²) in [6, 6.07) is 7.93. The van der Waals surface area contributed by atoms with Crippen LogP contribution in [0.2, 0.25) is 0 Å². The van der Waals surface area contributed by atoms with Crippen LogP contribution in [0.25, 0.3) is 0 Å². The molecule has 1 unspecified atom stereocenters. The maximum Gasteiger partial charge on any atom is 0.325 e. The van der Waals surface area contributed by atoms with Crippen LogP contribution in [0.4, 0.5) is 0 Å². The standard InChI is InChI=1S/C16H25NO3S/c1-5-10-17-16(2,15(18)20-4)9-11-21-14-8-6-7-13(12-14)19-3/h6-8,12,17H,5,9-11H2,1-4H3. The number of hydrogen-bond acceptors (Lipinski definition) is 5. The second-order valence-electron chi connectivity index (χ2n) is 5.03. The van der Waals surface area contributed by atoms with Crippen molar-refractivity contribution >= 4 is 17.7 Å². The van der Waals surface area contributed by atoms with Crippen molar-refractivity contribution in [2.75, 3.05) is 26.5 Å². The number of nitrogens with one attached hydrogen (secondary N) is 1. The maximum absolute atomic E-state index is 12.0. The molecular weight excluding hydrogens is 286 g/mol. The maximum atomic E-state index is 12.0. The minimum Gasteiger partial charge on any atom is -0.497 e. The molecule has 0 aliphatic rings. The topological polar surface area (TPSA) is 47.6 Å². The molecule has 0 radical (unpaired) electrons. The van der Waals surface area contributed by atoms with Gasteiger partial charge in [0, 0.05) is 10.6 Å². The third kappa shape index (κ3) is 5.59. The summed E-state index contributed by atoms with van der Waals surface area (Å²) >= 11 is 1.71. The first kappa shape index (κ1) is 17.9. The van der Waals surface area contributed by atoms with E-state index in [1.165, 1.54) is 7.11 Å². The first-order valence-electron chi connectivity index (χ1n) is 7.16. The highest BCUT2D eigenvalue weighted by atomic mass is 32.2. The number of benzene rings is 1. The number of rotatable bonds is 9. The molecule has 0 amide bonds. The second-order valence-corrected chi connectivity index (χ2v) is 6.20. The Kier molecular flexibility index (Phi) is 7.61. The first-order valence-corrected chi connectivity index (χ1v) is 8.14. The van der Waals surface area contributed by atoms with Gasteiger partial charge in [0.15, 0.2) is 0 Å². The summed E-state index contributed by atoms with van der Waals surface area (Å²) in [6.45, 7) is 4.78. The Labute approximate surface area is 131 Å². The zero-order valence-electron chi connectivity index (χ0n) is 13.3. The van der Waals surface area contributed by atoms with Gasteiger partial charge in [-0.05, 0) is 44.5 Å². The Morgan fingerprint density at radius 2 is 2.14 bits per heavy atom. The minimum absolute atomic E-state index is 0.206. The molecule has 4 nitrogen and oxygen atoms in total. The van der Waals surface area contributed by atoms with Crippen molar-refractivity contribution in [3.05, 3.63) is 24.3 Å². The van der Waals surface area contributed by atoms with Crippen molar-refractivity contribution < 1.29 is 14.3 Å². The molecule has 0 aliphatic carbocycles. The van der Waals surface area contributed by atoms with Gasteiger partial charge < -0.3 is 14.8 Å². The molecule has 1 aromatic rings. The zero-order chi connectivity index (χ0) is 15.7. The normalized spacial score (nSPS) is 13.5. The molecule has 0 aliphatic heterocycles. The van der Waals surface area contributed by atoms with Crippen LogP contribution in [0.3, 0.4) is 0 Å². The van der Waals surface area contributed by atoms with Crippen LogP contribution in [-0.2, 0) is 9.53 Å². The fraction of sp³-hybridized carbons (Fsp3) is 0.562. The van der Waals surface area contributed by atoms with Gasteiger partial charge in [-0.15, -0.1) is 11.8 Å². The lowest BCUT2D eigenvalue weighted by atomic mass is 9.99. The monoisotopic (exact) mass is 311 g/mol. The highest BCUT2D eigenvalue weighted by Crippen LogP contribution is 2.25. The molecule has 0 saturated carbocycles. The summed E-state index contributed by atoms with van der Waals surface area (Å²) in [4.78, 5) is 13.1. The third-order valence-electron chi connectivity index (χ3n) is 3.31. The zero-order valence-corrected chi connectivity index (χ0v) is 14.1. The fourth-order valence-corrected chi connectivity index (χ4v) is 3.07. The van der Waals surface area contributed by atoms with Gasteiger partial charge >= 0.3 is 5.97 Å². The van der Waals surface area contributed by atoms with Gasteiger partial charge in [0.05, 0.1) is 14.2 Å². The number of esters is 1. The van der Waals surface area contributed by atoms with Crippen LogP contribution in [0, 0.1) is 0 Å². The Bertz CT molecular complexity index is 453. The lowest BCUT2D eigenvalue weighted by molar-refractivity contribution is -0.148. The SMILES string of the molecule is CCCNC(C)(CCSc1cccc(OC)c1)C(=O)OC. The molecule has 5 heteroatoms. The fourth-order valence-electron chi connectivity index (χ4n) is 1.95. The average Bonchev–Trinajstić information content (AvgIpc) is 2.52. The number of carbonyl (C=O) groups excluding carboxylic acids is 1. The van der Waals surface area contributed by atoms with E-state index in [4.69, 9.17) is 9.47 Å². The average molecular weight is 311 g/mol. The van der Waals surface area contributed by atoms with Gasteiger partial charge in [-0.25, -0.2) is 0 Å². The third-order valence-corrected chi connectivity index (χ3v) is 4.31. The lowest BCUT2D eigenvalue weighted by Gasteiger charge is -2.27. The van der Waals surface area contributed by atoms with E-state index >= 15 is 0 Å². The molecule has 1 aromatic carbocycles. The van der Waals surface area contributed by atoms with E-state index in [-0.39, 0.29) is 5.97 Å². The summed E-state index contributed by atoms with van der Waals surface area (Å²) in [5.74, 6) is 1.47. The summed E-state index contributed by atoms with van der Waals surface area (Å²) in [5.41, 5.74) is -0.628. The van der Waals surface area contributed by atoms with E-state index in [1.54, 1.807) is 18.9 Å². The Morgan fingerprint density at radius 1 is 1.38 bits per heavy atom. The first-order chi connectivity index (χ1) is 10.1. The number of methoxy groups -OCH3 is 2. The molecular formula is C16H25NO3S. The van der Waals surface area contributed by atoms with Crippen LogP contribution in [0.1, 0.15) is 26.7 Å². The second kappa shape index (κ2) is 8.95. The van der Waals surface area contributed by atoms with Gasteiger partial charge in [-0.1, -0.05) is 13.0 Å². The number of hydrogen-bond donors (Lipinski definition) is 1. The number of ether oxygens (including phenoxy) is 2. The van der Waals surface area contributed by atoms with Crippen LogP contribution in [0.5, 0.6) is 5.75 Å². The van der Waals surface area contributed by atoms with Gasteiger partial charge in [0.1, 0.15) is 11.3 Å². The summed E-state index contributed by atoms with van der Waals surface area (Å²) < 4.78 is 10.1. The van der Waals surface area contributed by atoms with Gasteiger partial charge in [0.2, 0.25) is 0 Å². The summed E-state index contributed by atoms with van der Waals surface area (Å²) in [6.07, 6.45) is 1.69. The van der Waals surface area contributed by atoms with Crippen LogP contribution in [0.15, 0.2) is 29.2 Å². The van der Waals surface area contributed by atoms with Crippen molar-refractivity contribution in [1.82, 2.24) is 5.32 Å². The van der Waals surface area contributed by atoms with E-state index in [0.29, 0.717) is 6.42 Å². The van der Waals surface area contributed by atoms with E-state index in [9.17, 15) is 4.79 Å². The van der Waals surface area contributed by atoms with E-state index in [1.807, 2.05) is 31.2 Å². The molecule has 1 atom stereocenters. The lowest BCUT2D eigenvalue weighted by Crippen LogP contribution is -2.50. The number of thioether (sulfide) groups is 1. The van der Waals surface area contributed by atoms with Crippen molar-refractivity contribution in [2.24, 2.45) is 0 Å². The molecule has 0 bridgehead atoms. The van der Waals surface area contributed by atoms with E-state index < -0.39 is 5.54 Å². The minimum atomic E-state index is -0.628. The van der Waals surface area contributed by atoms with Crippen LogP contribution in [-0.4, -0.2) is 38.0 Å². The predicted octanol–water partition coefficient (Wildman–Crippen LogP) is 3.11. The van der Waals surface area contributed by atoms with Crippen molar-refractivity contribution in [1.29, 1.82) is 0 Å².